The van der Waals surface area contributed by atoms with Gasteiger partial charge in [-0.05, 0) is 24.5 Å². The van der Waals surface area contributed by atoms with Crippen LogP contribution in [0.1, 0.15) is 12.0 Å². The van der Waals surface area contributed by atoms with Crippen LogP contribution in [0, 0.1) is 0 Å². The minimum Gasteiger partial charge on any atom is -0.508 e. The molecule has 0 aliphatic rings. The minimum atomic E-state index is -1.01. The van der Waals surface area contributed by atoms with Crippen LogP contribution in [-0.4, -0.2) is 22.2 Å². The molecule has 0 radical (unpaired) electrons. The Morgan fingerprint density at radius 1 is 1.43 bits per heavy atom. The van der Waals surface area contributed by atoms with E-state index in [2.05, 4.69) is 0 Å². The molecule has 1 rings (SSSR count). The second-order valence-corrected chi connectivity index (χ2v) is 3.11. The number of aliphatic carboxylic acids is 1. The van der Waals surface area contributed by atoms with E-state index in [4.69, 9.17) is 10.8 Å². The third-order valence-electron chi connectivity index (χ3n) is 2.03. The highest BCUT2D eigenvalue weighted by molar-refractivity contribution is 5.73. The molecule has 0 unspecified atom stereocenters. The number of nitrogens with two attached hydrogens (primary N) is 1. The van der Waals surface area contributed by atoms with Gasteiger partial charge in [0.05, 0.1) is 0 Å². The van der Waals surface area contributed by atoms with Crippen molar-refractivity contribution in [2.75, 3.05) is 0 Å². The number of para-hydroxylation sites is 1. The van der Waals surface area contributed by atoms with Gasteiger partial charge >= 0.3 is 5.97 Å². The third-order valence-corrected chi connectivity index (χ3v) is 2.03. The second-order valence-electron chi connectivity index (χ2n) is 3.11. The quantitative estimate of drug-likeness (QED) is 0.661. The fourth-order valence-electron chi connectivity index (χ4n) is 1.16. The van der Waals surface area contributed by atoms with Crippen molar-refractivity contribution in [1.29, 1.82) is 0 Å². The first-order chi connectivity index (χ1) is 6.61. The zero-order valence-corrected chi connectivity index (χ0v) is 7.68. The Balaban J connectivity index is 2.54. The summed E-state index contributed by atoms with van der Waals surface area (Å²) in [4.78, 5) is 10.4. The van der Waals surface area contributed by atoms with Crippen molar-refractivity contribution in [1.82, 2.24) is 0 Å². The molecule has 0 amide bonds. The lowest BCUT2D eigenvalue weighted by molar-refractivity contribution is -0.138. The topological polar surface area (TPSA) is 83.5 Å². The van der Waals surface area contributed by atoms with Crippen molar-refractivity contribution in [3.8, 4) is 5.75 Å². The summed E-state index contributed by atoms with van der Waals surface area (Å²) in [7, 11) is 0. The molecule has 4 nitrogen and oxygen atoms in total. The summed E-state index contributed by atoms with van der Waals surface area (Å²) in [5.74, 6) is -0.828. The molecule has 0 fully saturated rings. The molecule has 0 aliphatic heterocycles. The van der Waals surface area contributed by atoms with Crippen LogP contribution in [0.2, 0.25) is 0 Å². The Morgan fingerprint density at radius 2 is 2.07 bits per heavy atom. The standard InChI is InChI=1S/C10H13NO3/c11-8(10(13)14)6-5-7-3-1-2-4-9(7)12/h1-4,8,12H,5-6,11H2,(H,13,14)/t8-/m0/s1. The largest absolute Gasteiger partial charge is 0.508 e. The van der Waals surface area contributed by atoms with E-state index in [9.17, 15) is 9.90 Å². The zero-order valence-electron chi connectivity index (χ0n) is 7.68. The van der Waals surface area contributed by atoms with Crippen molar-refractivity contribution in [3.05, 3.63) is 29.8 Å². The van der Waals surface area contributed by atoms with Crippen LogP contribution in [0.25, 0.3) is 0 Å². The van der Waals surface area contributed by atoms with E-state index >= 15 is 0 Å². The molecule has 76 valence electrons. The van der Waals surface area contributed by atoms with Crippen molar-refractivity contribution in [3.63, 3.8) is 0 Å². The normalized spacial score (nSPS) is 12.4. The molecular formula is C10H13NO3. The Kier molecular flexibility index (Phi) is 3.48. The molecule has 4 heteroatoms. The van der Waals surface area contributed by atoms with Gasteiger partial charge in [0.1, 0.15) is 11.8 Å². The molecule has 0 spiro atoms. The Bertz CT molecular complexity index is 325. The van der Waals surface area contributed by atoms with Crippen LogP contribution in [-0.2, 0) is 11.2 Å². The number of rotatable bonds is 4. The fourth-order valence-corrected chi connectivity index (χ4v) is 1.16. The van der Waals surface area contributed by atoms with E-state index < -0.39 is 12.0 Å². The summed E-state index contributed by atoms with van der Waals surface area (Å²) in [5.41, 5.74) is 6.06. The summed E-state index contributed by atoms with van der Waals surface area (Å²) in [6.45, 7) is 0. The summed E-state index contributed by atoms with van der Waals surface area (Å²) < 4.78 is 0. The van der Waals surface area contributed by atoms with Gasteiger partial charge in [-0.1, -0.05) is 18.2 Å². The number of phenols is 1. The second kappa shape index (κ2) is 4.62. The maximum absolute atomic E-state index is 10.4. The maximum Gasteiger partial charge on any atom is 0.320 e. The van der Waals surface area contributed by atoms with Gasteiger partial charge in [-0.15, -0.1) is 0 Å². The lowest BCUT2D eigenvalue weighted by atomic mass is 10.1. The van der Waals surface area contributed by atoms with E-state index in [1.54, 1.807) is 24.3 Å². The molecule has 0 bridgehead atoms. The zero-order chi connectivity index (χ0) is 10.6. The number of aryl methyl sites for hydroxylation is 1. The van der Waals surface area contributed by atoms with E-state index in [1.165, 1.54) is 0 Å². The van der Waals surface area contributed by atoms with Gasteiger partial charge < -0.3 is 15.9 Å². The first kappa shape index (κ1) is 10.5. The van der Waals surface area contributed by atoms with Crippen molar-refractivity contribution >= 4 is 5.97 Å². The highest BCUT2D eigenvalue weighted by atomic mass is 16.4. The van der Waals surface area contributed by atoms with Crippen LogP contribution in [0.4, 0.5) is 0 Å². The molecule has 1 atom stereocenters. The molecule has 0 heterocycles. The molecule has 0 aromatic heterocycles. The average molecular weight is 195 g/mol. The molecule has 14 heavy (non-hydrogen) atoms. The smallest absolute Gasteiger partial charge is 0.320 e. The summed E-state index contributed by atoms with van der Waals surface area (Å²) >= 11 is 0. The molecule has 0 saturated carbocycles. The van der Waals surface area contributed by atoms with E-state index in [0.717, 1.165) is 5.56 Å². The van der Waals surface area contributed by atoms with E-state index in [-0.39, 0.29) is 5.75 Å². The first-order valence-electron chi connectivity index (χ1n) is 4.36. The van der Waals surface area contributed by atoms with E-state index in [1.807, 2.05) is 0 Å². The van der Waals surface area contributed by atoms with Crippen LogP contribution in [0.3, 0.4) is 0 Å². The third kappa shape index (κ3) is 2.74. The number of aromatic hydroxyl groups is 1. The number of carboxylic acid groups (broad SMARTS) is 1. The predicted octanol–water partition coefficient (Wildman–Crippen LogP) is 0.737. The number of phenolic OH excluding ortho intramolecular Hbond substituents is 1. The van der Waals surface area contributed by atoms with Crippen LogP contribution in [0.5, 0.6) is 5.75 Å². The van der Waals surface area contributed by atoms with Crippen molar-refractivity contribution in [2.24, 2.45) is 5.73 Å². The number of hydrogen-bond donors (Lipinski definition) is 3. The minimum absolute atomic E-state index is 0.185. The highest BCUT2D eigenvalue weighted by Gasteiger charge is 2.11. The number of benzene rings is 1. The molecule has 1 aromatic carbocycles. The van der Waals surface area contributed by atoms with Crippen LogP contribution in [0.15, 0.2) is 24.3 Å². The Morgan fingerprint density at radius 3 is 2.64 bits per heavy atom. The van der Waals surface area contributed by atoms with Crippen molar-refractivity contribution in [2.45, 2.75) is 18.9 Å². The SMILES string of the molecule is N[C@@H](CCc1ccccc1O)C(=O)O. The lowest BCUT2D eigenvalue weighted by Gasteiger charge is -2.07. The highest BCUT2D eigenvalue weighted by Crippen LogP contribution is 2.17. The molecular weight excluding hydrogens is 182 g/mol. The van der Waals surface area contributed by atoms with E-state index in [0.29, 0.717) is 12.8 Å². The van der Waals surface area contributed by atoms with Gasteiger partial charge in [-0.3, -0.25) is 4.79 Å². The maximum atomic E-state index is 10.4. The van der Waals surface area contributed by atoms with Crippen LogP contribution < -0.4 is 5.73 Å². The summed E-state index contributed by atoms with van der Waals surface area (Å²) in [6.07, 6.45) is 0.799. The molecule has 4 N–H and O–H groups in total. The molecule has 0 aliphatic carbocycles. The number of hydrogen-bond acceptors (Lipinski definition) is 3. The first-order valence-corrected chi connectivity index (χ1v) is 4.36. The Hall–Kier alpha value is -1.55. The fraction of sp³-hybridized carbons (Fsp3) is 0.300. The number of carboxylic acids is 1. The Labute approximate surface area is 82.0 Å². The van der Waals surface area contributed by atoms with Gasteiger partial charge in [0.25, 0.3) is 0 Å². The van der Waals surface area contributed by atoms with Gasteiger partial charge in [0.15, 0.2) is 0 Å². The number of carbonyl (C=O) groups is 1. The summed E-state index contributed by atoms with van der Waals surface area (Å²) in [5, 5.41) is 17.9. The molecule has 0 saturated heterocycles. The van der Waals surface area contributed by atoms with Gasteiger partial charge in [0, 0.05) is 0 Å². The molecule has 1 aromatic rings. The average Bonchev–Trinajstić information content (AvgIpc) is 2.16. The van der Waals surface area contributed by atoms with Crippen molar-refractivity contribution < 1.29 is 15.0 Å². The van der Waals surface area contributed by atoms with Gasteiger partial charge in [0.2, 0.25) is 0 Å². The predicted molar refractivity (Wildman–Crippen MR) is 52.0 cm³/mol. The lowest BCUT2D eigenvalue weighted by Crippen LogP contribution is -2.30. The summed E-state index contributed by atoms with van der Waals surface area (Å²) in [6, 6.07) is 5.97. The monoisotopic (exact) mass is 195 g/mol. The van der Waals surface area contributed by atoms with Crippen LogP contribution >= 0.6 is 0 Å². The van der Waals surface area contributed by atoms with Gasteiger partial charge in [-0.25, -0.2) is 0 Å². The van der Waals surface area contributed by atoms with Gasteiger partial charge in [-0.2, -0.15) is 0 Å².